The van der Waals surface area contributed by atoms with Gasteiger partial charge in [0, 0.05) is 68.8 Å². The first-order chi connectivity index (χ1) is 32.5. The molecule has 0 fully saturated rings. The standard InChI is InChI=1S/C48H44N12O8.O.V/c1-45(2,3)21-13-25-33(29(17-21)57(61)62)41-51-37(25)49-38-26-14-22(46(4,5)6)18-30(58(63)64)34(26)43(52-38)56-44-36-28(16-24(48(10,11)12)20-32(36)60(67)68)40(54-44)50-39-27-15-23(47(7,8)9)19-31(59(65)66)35(27)42(53-39)55-41;;/h13-20H,1-12H3;;/q-2;;+2. The van der Waals surface area contributed by atoms with E-state index in [0.29, 0.717) is 22.3 Å². The van der Waals surface area contributed by atoms with E-state index < -0.39 is 41.4 Å². The molecule has 0 saturated heterocycles. The molecule has 0 N–H and O–H groups in total. The molecular weight excluding hydrogens is 940 g/mol. The Hall–Kier alpha value is -7.78. The van der Waals surface area contributed by atoms with Gasteiger partial charge in [-0.1, -0.05) is 83.1 Å². The van der Waals surface area contributed by atoms with Gasteiger partial charge in [0.05, 0.1) is 64.9 Å². The van der Waals surface area contributed by atoms with Crippen LogP contribution in [0, 0.1) is 40.5 Å². The number of hydrogen-bond donors (Lipinski definition) is 0. The van der Waals surface area contributed by atoms with E-state index in [1.54, 1.807) is 24.3 Å². The number of rotatable bonds is 4. The molecule has 0 aliphatic carbocycles. The molecule has 5 heterocycles. The fourth-order valence-electron chi connectivity index (χ4n) is 8.39. The van der Waals surface area contributed by atoms with Crippen LogP contribution in [0.25, 0.3) is 89.7 Å². The summed E-state index contributed by atoms with van der Waals surface area (Å²) in [7, 11) is 0. The second-order valence-electron chi connectivity index (χ2n) is 21.2. The average Bonchev–Trinajstić information content (AvgIpc) is 3.99. The minimum atomic E-state index is -0.630. The third-order valence-electron chi connectivity index (χ3n) is 12.3. The second-order valence-corrected chi connectivity index (χ2v) is 21.2. The molecule has 0 spiro atoms. The van der Waals surface area contributed by atoms with Gasteiger partial charge < -0.3 is 29.9 Å². The van der Waals surface area contributed by atoms with Gasteiger partial charge in [-0.05, 0) is 68.2 Å². The number of non-ortho nitro benzene ring substituents is 2. The van der Waals surface area contributed by atoms with Crippen LogP contribution in [-0.4, -0.2) is 49.6 Å². The number of fused-ring (bicyclic) bond motifs is 20. The quantitative estimate of drug-likeness (QED) is 0.117. The SMILES string of the molecule is CC(C)(C)c1cc2c(c([N+](=O)[O-])c1)-c1nc-2nc2[n-]c(nc3nc(nc4[n-]c(n1)c1c([N+](=O)[O-])cc(C(C)(C)C)cc41)-c1cc(C(C)(C)C)cc([N+](=O)[O-])c1-3)c1c([N+](=O)[O-])cc(C(C)(C)C)cc21.[O]=[V+2]. The Balaban J connectivity index is 0.00000325. The molecule has 0 amide bonds. The van der Waals surface area contributed by atoms with E-state index in [2.05, 4.69) is 0 Å². The van der Waals surface area contributed by atoms with Crippen molar-refractivity contribution in [3.05, 3.63) is 111 Å². The summed E-state index contributed by atoms with van der Waals surface area (Å²) in [5, 5.41) is 52.5. The Morgan fingerprint density at radius 1 is 0.386 bits per heavy atom. The molecule has 21 nitrogen and oxygen atoms in total. The maximum absolute atomic E-state index is 13.1. The fraction of sp³-hybridized carbons (Fsp3) is 0.333. The summed E-state index contributed by atoms with van der Waals surface area (Å²) in [5.74, 6) is -0.705. The molecule has 0 saturated carbocycles. The predicted octanol–water partition coefficient (Wildman–Crippen LogP) is 10.8. The van der Waals surface area contributed by atoms with Crippen LogP contribution in [0.15, 0.2) is 48.5 Å². The zero-order valence-corrected chi connectivity index (χ0v) is 41.5. The fourth-order valence-corrected chi connectivity index (χ4v) is 8.39. The summed E-state index contributed by atoms with van der Waals surface area (Å²) in [4.78, 5) is 88.5. The van der Waals surface area contributed by atoms with Crippen LogP contribution in [0.5, 0.6) is 0 Å². The number of aromatic nitrogens is 8. The van der Waals surface area contributed by atoms with Crippen molar-refractivity contribution in [2.75, 3.05) is 0 Å². The van der Waals surface area contributed by atoms with Gasteiger partial charge >= 0.3 is 21.0 Å². The van der Waals surface area contributed by atoms with Crippen LogP contribution >= 0.6 is 0 Å². The Morgan fingerprint density at radius 3 is 0.943 bits per heavy atom. The third-order valence-corrected chi connectivity index (χ3v) is 12.3. The van der Waals surface area contributed by atoms with Gasteiger partial charge in [0.2, 0.25) is 0 Å². The number of hydrogen-bond acceptors (Lipinski definition) is 15. The summed E-state index contributed by atoms with van der Waals surface area (Å²) < 4.78 is 8.19. The Morgan fingerprint density at radius 2 is 0.657 bits per heavy atom. The van der Waals surface area contributed by atoms with Crippen LogP contribution in [-0.2, 0) is 42.7 Å². The summed E-state index contributed by atoms with van der Waals surface area (Å²) in [5.41, 5.74) is -2.29. The zero-order valence-electron chi connectivity index (χ0n) is 40.1. The van der Waals surface area contributed by atoms with Crippen molar-refractivity contribution in [3.8, 4) is 45.6 Å². The predicted molar refractivity (Wildman–Crippen MR) is 256 cm³/mol. The van der Waals surface area contributed by atoms with E-state index in [1.807, 2.05) is 83.1 Å². The van der Waals surface area contributed by atoms with Gasteiger partial charge in [-0.15, -0.1) is 0 Å². The first-order valence-electron chi connectivity index (χ1n) is 21.7. The van der Waals surface area contributed by atoms with Gasteiger partial charge in [0.1, 0.15) is 0 Å². The summed E-state index contributed by atoms with van der Waals surface area (Å²) in [6, 6.07) is 12.5. The van der Waals surface area contributed by atoms with Gasteiger partial charge in [0.15, 0.2) is 0 Å². The van der Waals surface area contributed by atoms with Crippen molar-refractivity contribution in [2.24, 2.45) is 0 Å². The number of nitro groups is 4. The maximum atomic E-state index is 13.1. The van der Waals surface area contributed by atoms with Crippen molar-refractivity contribution in [2.45, 2.75) is 105 Å². The van der Waals surface area contributed by atoms with Crippen molar-refractivity contribution in [1.29, 1.82) is 0 Å². The molecule has 9 rings (SSSR count). The first kappa shape index (κ1) is 48.7. The average molecular weight is 984 g/mol. The summed E-state index contributed by atoms with van der Waals surface area (Å²) in [6.07, 6.45) is 0. The molecule has 8 bridgehead atoms. The minimum absolute atomic E-state index is 0.0493. The van der Waals surface area contributed by atoms with Gasteiger partial charge in [-0.25, -0.2) is 9.97 Å². The molecule has 355 valence electrons. The molecule has 70 heavy (non-hydrogen) atoms. The Kier molecular flexibility index (Phi) is 11.4. The van der Waals surface area contributed by atoms with Crippen LogP contribution in [0.1, 0.15) is 105 Å². The van der Waals surface area contributed by atoms with E-state index in [-0.39, 0.29) is 112 Å². The molecule has 7 aromatic rings. The Bertz CT molecular complexity index is 3430. The van der Waals surface area contributed by atoms with Crippen molar-refractivity contribution in [1.82, 2.24) is 39.9 Å². The molecule has 0 unspecified atom stereocenters. The van der Waals surface area contributed by atoms with Crippen molar-refractivity contribution in [3.63, 3.8) is 0 Å². The van der Waals surface area contributed by atoms with Crippen LogP contribution in [0.3, 0.4) is 0 Å². The second kappa shape index (κ2) is 16.4. The molecule has 2 aliphatic rings. The zero-order chi connectivity index (χ0) is 51.5. The molecule has 22 heteroatoms. The van der Waals surface area contributed by atoms with E-state index in [1.165, 1.54) is 24.3 Å². The van der Waals surface area contributed by atoms with Gasteiger partial charge in [0.25, 0.3) is 22.7 Å². The molecule has 0 atom stereocenters. The number of nitrogens with zero attached hydrogens (tertiary/aromatic N) is 12. The number of nitro benzene ring substituents is 4. The van der Waals surface area contributed by atoms with Crippen LogP contribution in [0.4, 0.5) is 22.7 Å². The third kappa shape index (κ3) is 8.23. The molecular formula is C48H44N12O9V. The van der Waals surface area contributed by atoms with E-state index in [4.69, 9.17) is 43.5 Å². The van der Waals surface area contributed by atoms with Crippen molar-refractivity contribution < 1.29 is 40.7 Å². The molecule has 0 radical (unpaired) electrons. The first-order valence-corrected chi connectivity index (χ1v) is 22.3. The Labute approximate surface area is 407 Å². The van der Waals surface area contributed by atoms with Gasteiger partial charge in [-0.3, -0.25) is 40.5 Å². The van der Waals surface area contributed by atoms with E-state index in [0.717, 1.165) is 17.4 Å². The van der Waals surface area contributed by atoms with Crippen LogP contribution < -0.4 is 9.97 Å². The van der Waals surface area contributed by atoms with Crippen LogP contribution in [0.2, 0.25) is 0 Å². The number of benzene rings is 4. The van der Waals surface area contributed by atoms with Gasteiger partial charge in [-0.2, -0.15) is 0 Å². The van der Waals surface area contributed by atoms with Crippen molar-refractivity contribution >= 4 is 66.9 Å². The topological polar surface area (TPSA) is 295 Å². The van der Waals surface area contributed by atoms with E-state index >= 15 is 0 Å². The summed E-state index contributed by atoms with van der Waals surface area (Å²) in [6.45, 7) is 22.5. The molecule has 3 aromatic heterocycles. The molecule has 4 aromatic carbocycles. The molecule has 2 aliphatic heterocycles. The normalized spacial score (nSPS) is 12.6. The van der Waals surface area contributed by atoms with E-state index in [9.17, 15) is 40.5 Å². The summed E-state index contributed by atoms with van der Waals surface area (Å²) >= 11 is 1.06. The monoisotopic (exact) mass is 983 g/mol.